The molecular formula is C13H21BrN2OS. The lowest BCUT2D eigenvalue weighted by atomic mass is 10.0. The van der Waals surface area contributed by atoms with Crippen LogP contribution >= 0.6 is 27.3 Å². The molecule has 0 amide bonds. The molecule has 1 saturated heterocycles. The Hall–Kier alpha value is 0.0600. The van der Waals surface area contributed by atoms with Crippen LogP contribution in [0.15, 0.2) is 15.9 Å². The molecule has 5 heteroatoms. The maximum Gasteiger partial charge on any atom is 0.0753 e. The van der Waals surface area contributed by atoms with Gasteiger partial charge in [-0.25, -0.2) is 0 Å². The lowest BCUT2D eigenvalue weighted by Gasteiger charge is -2.43. The van der Waals surface area contributed by atoms with Gasteiger partial charge in [-0.2, -0.15) is 0 Å². The molecule has 1 aliphatic rings. The molecule has 1 aromatic heterocycles. The number of hydrogen-bond acceptors (Lipinski definition) is 4. The fourth-order valence-electron chi connectivity index (χ4n) is 2.55. The Morgan fingerprint density at radius 1 is 1.56 bits per heavy atom. The van der Waals surface area contributed by atoms with E-state index in [0.29, 0.717) is 0 Å². The first-order valence-electron chi connectivity index (χ1n) is 6.26. The quantitative estimate of drug-likeness (QED) is 0.924. The summed E-state index contributed by atoms with van der Waals surface area (Å²) in [4.78, 5) is 3.78. The van der Waals surface area contributed by atoms with E-state index < -0.39 is 0 Å². The second-order valence-electron chi connectivity index (χ2n) is 5.55. The second kappa shape index (κ2) is 5.59. The average molecular weight is 333 g/mol. The molecule has 0 bridgehead atoms. The molecule has 2 rings (SSSR count). The number of halogens is 1. The van der Waals surface area contributed by atoms with Crippen molar-refractivity contribution in [2.75, 3.05) is 19.7 Å². The maximum absolute atomic E-state index is 6.21. The van der Waals surface area contributed by atoms with E-state index >= 15 is 0 Å². The van der Waals surface area contributed by atoms with E-state index in [1.165, 1.54) is 4.88 Å². The van der Waals surface area contributed by atoms with E-state index in [4.69, 9.17) is 10.5 Å². The summed E-state index contributed by atoms with van der Waals surface area (Å²) in [5.41, 5.74) is 6.12. The van der Waals surface area contributed by atoms with Crippen LogP contribution in [0.3, 0.4) is 0 Å². The van der Waals surface area contributed by atoms with Crippen LogP contribution in [0.5, 0.6) is 0 Å². The van der Waals surface area contributed by atoms with Gasteiger partial charge in [-0.05, 0) is 42.8 Å². The van der Waals surface area contributed by atoms with E-state index in [2.05, 4.69) is 53.0 Å². The minimum absolute atomic E-state index is 0.0835. The van der Waals surface area contributed by atoms with Crippen LogP contribution in [-0.4, -0.2) is 36.2 Å². The number of morpholine rings is 1. The lowest BCUT2D eigenvalue weighted by molar-refractivity contribution is -0.0991. The monoisotopic (exact) mass is 332 g/mol. The summed E-state index contributed by atoms with van der Waals surface area (Å²) in [6, 6.07) is 2.58. The molecular weight excluding hydrogens is 312 g/mol. The molecule has 2 unspecified atom stereocenters. The van der Waals surface area contributed by atoms with Crippen LogP contribution in [0.2, 0.25) is 0 Å². The molecule has 3 nitrogen and oxygen atoms in total. The van der Waals surface area contributed by atoms with Crippen molar-refractivity contribution in [2.24, 2.45) is 5.73 Å². The molecule has 2 heterocycles. The Morgan fingerprint density at radius 2 is 2.28 bits per heavy atom. The van der Waals surface area contributed by atoms with Crippen molar-refractivity contribution < 1.29 is 4.74 Å². The largest absolute Gasteiger partial charge is 0.373 e. The standard InChI is InChI=1S/C13H21BrN2OS/c1-9(15)12(11-6-10(14)7-18-11)16-4-5-17-13(2,3)8-16/h6-7,9,12H,4-5,8,15H2,1-3H3. The topological polar surface area (TPSA) is 38.5 Å². The molecule has 2 N–H and O–H groups in total. The first-order valence-corrected chi connectivity index (χ1v) is 7.94. The zero-order valence-corrected chi connectivity index (χ0v) is 13.6. The average Bonchev–Trinajstić information content (AvgIpc) is 2.63. The van der Waals surface area contributed by atoms with Gasteiger partial charge < -0.3 is 10.5 Å². The number of ether oxygens (including phenoxy) is 1. The highest BCUT2D eigenvalue weighted by Gasteiger charge is 2.34. The number of thiophene rings is 1. The van der Waals surface area contributed by atoms with Crippen molar-refractivity contribution in [1.82, 2.24) is 4.90 Å². The van der Waals surface area contributed by atoms with E-state index in [1.807, 2.05) is 0 Å². The molecule has 1 fully saturated rings. The highest BCUT2D eigenvalue weighted by atomic mass is 79.9. The van der Waals surface area contributed by atoms with Gasteiger partial charge in [-0.15, -0.1) is 11.3 Å². The van der Waals surface area contributed by atoms with E-state index in [0.717, 1.165) is 24.2 Å². The van der Waals surface area contributed by atoms with Crippen LogP contribution < -0.4 is 5.73 Å². The van der Waals surface area contributed by atoms with Gasteiger partial charge >= 0.3 is 0 Å². The van der Waals surface area contributed by atoms with Crippen molar-refractivity contribution in [2.45, 2.75) is 38.5 Å². The summed E-state index contributed by atoms with van der Waals surface area (Å²) in [6.07, 6.45) is 0. The van der Waals surface area contributed by atoms with E-state index in [-0.39, 0.29) is 17.7 Å². The third-order valence-electron chi connectivity index (χ3n) is 3.23. The van der Waals surface area contributed by atoms with Crippen molar-refractivity contribution in [1.29, 1.82) is 0 Å². The van der Waals surface area contributed by atoms with E-state index in [9.17, 15) is 0 Å². The Kier molecular flexibility index (Phi) is 4.49. The van der Waals surface area contributed by atoms with Crippen LogP contribution in [-0.2, 0) is 4.74 Å². The van der Waals surface area contributed by atoms with Crippen molar-refractivity contribution >= 4 is 27.3 Å². The molecule has 0 aliphatic carbocycles. The molecule has 1 aliphatic heterocycles. The second-order valence-corrected chi connectivity index (χ2v) is 7.41. The molecule has 0 spiro atoms. The van der Waals surface area contributed by atoms with Gasteiger partial charge in [0.2, 0.25) is 0 Å². The zero-order chi connectivity index (χ0) is 13.3. The highest BCUT2D eigenvalue weighted by Crippen LogP contribution is 2.33. The minimum Gasteiger partial charge on any atom is -0.373 e. The van der Waals surface area contributed by atoms with Gasteiger partial charge in [0.05, 0.1) is 18.2 Å². The third kappa shape index (κ3) is 3.33. The fraction of sp³-hybridized carbons (Fsp3) is 0.692. The SMILES string of the molecule is CC(N)C(c1cc(Br)cs1)N1CCOC(C)(C)C1. The zero-order valence-electron chi connectivity index (χ0n) is 11.1. The summed E-state index contributed by atoms with van der Waals surface area (Å²) in [6.45, 7) is 9.02. The predicted molar refractivity (Wildman–Crippen MR) is 80.0 cm³/mol. The Morgan fingerprint density at radius 3 is 2.78 bits per heavy atom. The van der Waals surface area contributed by atoms with Gasteiger partial charge in [0, 0.05) is 33.9 Å². The first-order chi connectivity index (χ1) is 8.39. The highest BCUT2D eigenvalue weighted by molar-refractivity contribution is 9.10. The summed E-state index contributed by atoms with van der Waals surface area (Å²) < 4.78 is 6.92. The molecule has 18 heavy (non-hydrogen) atoms. The molecule has 2 atom stereocenters. The smallest absolute Gasteiger partial charge is 0.0753 e. The molecule has 102 valence electrons. The van der Waals surface area contributed by atoms with Gasteiger partial charge in [-0.3, -0.25) is 4.90 Å². The molecule has 0 radical (unpaired) electrons. The minimum atomic E-state index is -0.0835. The Balaban J connectivity index is 2.20. The number of rotatable bonds is 3. The van der Waals surface area contributed by atoms with E-state index in [1.54, 1.807) is 11.3 Å². The maximum atomic E-state index is 6.21. The van der Waals surface area contributed by atoms with Gasteiger partial charge in [0.1, 0.15) is 0 Å². The molecule has 0 saturated carbocycles. The van der Waals surface area contributed by atoms with Crippen LogP contribution in [0.4, 0.5) is 0 Å². The Labute approximate surface area is 121 Å². The summed E-state index contributed by atoms with van der Waals surface area (Å²) in [5, 5.41) is 2.12. The summed E-state index contributed by atoms with van der Waals surface area (Å²) in [7, 11) is 0. The third-order valence-corrected chi connectivity index (χ3v) is 4.99. The van der Waals surface area contributed by atoms with Gasteiger partial charge in [0.25, 0.3) is 0 Å². The van der Waals surface area contributed by atoms with Crippen LogP contribution in [0.1, 0.15) is 31.7 Å². The van der Waals surface area contributed by atoms with Crippen molar-refractivity contribution in [3.05, 3.63) is 20.8 Å². The predicted octanol–water partition coefficient (Wildman–Crippen LogP) is 3.01. The lowest BCUT2D eigenvalue weighted by Crippen LogP contribution is -2.52. The van der Waals surface area contributed by atoms with Crippen LogP contribution in [0, 0.1) is 0 Å². The summed E-state index contributed by atoms with van der Waals surface area (Å²) in [5.74, 6) is 0. The van der Waals surface area contributed by atoms with Gasteiger partial charge in [0.15, 0.2) is 0 Å². The number of nitrogens with two attached hydrogens (primary N) is 1. The van der Waals surface area contributed by atoms with Gasteiger partial charge in [-0.1, -0.05) is 0 Å². The fourth-order valence-corrected chi connectivity index (χ4v) is 4.24. The summed E-state index contributed by atoms with van der Waals surface area (Å²) >= 11 is 5.29. The number of hydrogen-bond donors (Lipinski definition) is 1. The number of nitrogens with zero attached hydrogens (tertiary/aromatic N) is 1. The van der Waals surface area contributed by atoms with Crippen LogP contribution in [0.25, 0.3) is 0 Å². The molecule has 0 aromatic carbocycles. The first kappa shape index (κ1) is 14.5. The molecule has 1 aromatic rings. The van der Waals surface area contributed by atoms with Crippen molar-refractivity contribution in [3.8, 4) is 0 Å². The Bertz CT molecular complexity index is 405. The normalized spacial score (nSPS) is 23.8. The van der Waals surface area contributed by atoms with Crippen molar-refractivity contribution in [3.63, 3.8) is 0 Å².